The lowest BCUT2D eigenvalue weighted by molar-refractivity contribution is 0.0988. The average molecular weight is 193 g/mol. The first-order valence-electron chi connectivity index (χ1n) is 3.78. The summed E-state index contributed by atoms with van der Waals surface area (Å²) >= 11 is 1.53. The lowest BCUT2D eigenvalue weighted by Gasteiger charge is -1.86. The number of nitrogens with zero attached hydrogens (tertiary/aromatic N) is 1. The van der Waals surface area contributed by atoms with Crippen molar-refractivity contribution in [1.82, 2.24) is 4.98 Å². The Kier molecular flexibility index (Phi) is 1.98. The van der Waals surface area contributed by atoms with Crippen molar-refractivity contribution >= 4 is 17.1 Å². The van der Waals surface area contributed by atoms with Crippen molar-refractivity contribution in [1.29, 1.82) is 0 Å². The van der Waals surface area contributed by atoms with Gasteiger partial charge in [0.15, 0.2) is 11.5 Å². The lowest BCUT2D eigenvalue weighted by Crippen LogP contribution is -1.85. The number of oxazole rings is 1. The van der Waals surface area contributed by atoms with Crippen LogP contribution in [0.3, 0.4) is 0 Å². The van der Waals surface area contributed by atoms with E-state index in [1.807, 2.05) is 17.5 Å². The Labute approximate surface area is 79.0 Å². The Balaban J connectivity index is 2.39. The van der Waals surface area contributed by atoms with Crippen LogP contribution in [0.5, 0.6) is 0 Å². The molecule has 3 nitrogen and oxygen atoms in total. The zero-order valence-corrected chi connectivity index (χ0v) is 7.80. The van der Waals surface area contributed by atoms with Crippen LogP contribution in [0, 0.1) is 0 Å². The van der Waals surface area contributed by atoms with Crippen LogP contribution in [0.2, 0.25) is 0 Å². The van der Waals surface area contributed by atoms with Crippen molar-refractivity contribution in [2.75, 3.05) is 0 Å². The number of carbonyl (C=O) groups is 1. The van der Waals surface area contributed by atoms with Gasteiger partial charge in [0.2, 0.25) is 5.89 Å². The van der Waals surface area contributed by atoms with Gasteiger partial charge in [0.05, 0.1) is 11.1 Å². The molecule has 0 fully saturated rings. The van der Waals surface area contributed by atoms with E-state index in [-0.39, 0.29) is 5.78 Å². The number of thiophene rings is 1. The minimum atomic E-state index is -0.102. The Morgan fingerprint density at radius 2 is 2.46 bits per heavy atom. The third-order valence-electron chi connectivity index (χ3n) is 1.58. The molecular formula is C9H7NO2S. The number of aromatic nitrogens is 1. The van der Waals surface area contributed by atoms with Crippen LogP contribution in [0.25, 0.3) is 10.8 Å². The van der Waals surface area contributed by atoms with Crippen molar-refractivity contribution in [3.8, 4) is 10.8 Å². The highest BCUT2D eigenvalue weighted by Crippen LogP contribution is 2.23. The van der Waals surface area contributed by atoms with Gasteiger partial charge in [-0.1, -0.05) is 6.07 Å². The summed E-state index contributed by atoms with van der Waals surface area (Å²) in [5.74, 6) is 0.721. The third-order valence-corrected chi connectivity index (χ3v) is 2.44. The van der Waals surface area contributed by atoms with E-state index < -0.39 is 0 Å². The molecule has 0 atom stereocenters. The summed E-state index contributed by atoms with van der Waals surface area (Å²) in [5, 5.41) is 1.94. The molecule has 0 radical (unpaired) electrons. The molecule has 0 N–H and O–H groups in total. The van der Waals surface area contributed by atoms with Crippen LogP contribution in [-0.2, 0) is 0 Å². The molecule has 0 aliphatic carbocycles. The van der Waals surface area contributed by atoms with Crippen molar-refractivity contribution in [2.24, 2.45) is 0 Å². The largest absolute Gasteiger partial charge is 0.432 e. The van der Waals surface area contributed by atoms with Crippen molar-refractivity contribution in [2.45, 2.75) is 6.92 Å². The molecule has 0 aromatic carbocycles. The second-order valence-corrected chi connectivity index (χ2v) is 3.51. The highest BCUT2D eigenvalue weighted by atomic mass is 32.1. The van der Waals surface area contributed by atoms with E-state index >= 15 is 0 Å². The van der Waals surface area contributed by atoms with Crippen LogP contribution >= 0.6 is 11.3 Å². The fourth-order valence-electron chi connectivity index (χ4n) is 0.951. The average Bonchev–Trinajstić information content (AvgIpc) is 2.75. The Morgan fingerprint density at radius 1 is 1.62 bits per heavy atom. The SMILES string of the molecule is CC(=O)c1cnc(-c2cccs2)o1. The van der Waals surface area contributed by atoms with Gasteiger partial charge in [0.25, 0.3) is 0 Å². The highest BCUT2D eigenvalue weighted by molar-refractivity contribution is 7.13. The van der Waals surface area contributed by atoms with Gasteiger partial charge in [0, 0.05) is 6.92 Å². The molecule has 0 aliphatic rings. The molecule has 4 heteroatoms. The number of Topliss-reactive ketones (excluding diaryl/α,β-unsaturated/α-hetero) is 1. The maximum absolute atomic E-state index is 10.9. The molecular weight excluding hydrogens is 186 g/mol. The van der Waals surface area contributed by atoms with Gasteiger partial charge in [0.1, 0.15) is 0 Å². The number of hydrogen-bond acceptors (Lipinski definition) is 4. The summed E-state index contributed by atoms with van der Waals surface area (Å²) in [6.45, 7) is 1.46. The number of rotatable bonds is 2. The third kappa shape index (κ3) is 1.53. The van der Waals surface area contributed by atoms with E-state index in [0.29, 0.717) is 11.7 Å². The topological polar surface area (TPSA) is 43.1 Å². The van der Waals surface area contributed by atoms with Gasteiger partial charge >= 0.3 is 0 Å². The standard InChI is InChI=1S/C9H7NO2S/c1-6(11)7-5-10-9(12-7)8-3-2-4-13-8/h2-5H,1H3. The van der Waals surface area contributed by atoms with Crippen LogP contribution in [0.4, 0.5) is 0 Å². The zero-order valence-electron chi connectivity index (χ0n) is 6.98. The normalized spacial score (nSPS) is 10.2. The predicted octanol–water partition coefficient (Wildman–Crippen LogP) is 2.61. The second kappa shape index (κ2) is 3.14. The summed E-state index contributed by atoms with van der Waals surface area (Å²) in [7, 11) is 0. The lowest BCUT2D eigenvalue weighted by atomic mass is 10.4. The van der Waals surface area contributed by atoms with E-state index in [9.17, 15) is 4.79 Å². The minimum Gasteiger partial charge on any atom is -0.432 e. The molecule has 0 saturated heterocycles. The van der Waals surface area contributed by atoms with Gasteiger partial charge < -0.3 is 4.42 Å². The molecule has 0 amide bonds. The van der Waals surface area contributed by atoms with E-state index in [2.05, 4.69) is 4.98 Å². The maximum atomic E-state index is 10.9. The summed E-state index contributed by atoms with van der Waals surface area (Å²) in [6, 6.07) is 3.82. The fourth-order valence-corrected chi connectivity index (χ4v) is 1.61. The van der Waals surface area contributed by atoms with Gasteiger partial charge in [-0.15, -0.1) is 11.3 Å². The molecule has 0 bridgehead atoms. The Bertz CT molecular complexity index is 417. The molecule has 66 valence electrons. The first kappa shape index (κ1) is 8.19. The maximum Gasteiger partial charge on any atom is 0.237 e. The smallest absolute Gasteiger partial charge is 0.237 e. The quantitative estimate of drug-likeness (QED) is 0.688. The van der Waals surface area contributed by atoms with E-state index in [1.54, 1.807) is 0 Å². The number of hydrogen-bond donors (Lipinski definition) is 0. The van der Waals surface area contributed by atoms with Gasteiger partial charge in [-0.2, -0.15) is 0 Å². The highest BCUT2D eigenvalue weighted by Gasteiger charge is 2.09. The van der Waals surface area contributed by atoms with Crippen LogP contribution in [-0.4, -0.2) is 10.8 Å². The second-order valence-electron chi connectivity index (χ2n) is 2.56. The van der Waals surface area contributed by atoms with Crippen molar-refractivity contribution in [3.05, 3.63) is 29.5 Å². The van der Waals surface area contributed by atoms with Gasteiger partial charge in [-0.25, -0.2) is 4.98 Å². The summed E-state index contributed by atoms with van der Waals surface area (Å²) < 4.78 is 5.24. The molecule has 0 unspecified atom stereocenters. The van der Waals surface area contributed by atoms with Crippen LogP contribution in [0.15, 0.2) is 28.1 Å². The summed E-state index contributed by atoms with van der Waals surface area (Å²) in [5.41, 5.74) is 0. The molecule has 0 spiro atoms. The van der Waals surface area contributed by atoms with Crippen LogP contribution < -0.4 is 0 Å². The molecule has 2 heterocycles. The first-order valence-corrected chi connectivity index (χ1v) is 4.66. The summed E-state index contributed by atoms with van der Waals surface area (Å²) in [4.78, 5) is 15.8. The molecule has 0 aliphatic heterocycles. The van der Waals surface area contributed by atoms with Crippen molar-refractivity contribution < 1.29 is 9.21 Å². The first-order chi connectivity index (χ1) is 6.27. The predicted molar refractivity (Wildman–Crippen MR) is 49.8 cm³/mol. The van der Waals surface area contributed by atoms with Gasteiger partial charge in [-0.3, -0.25) is 4.79 Å². The van der Waals surface area contributed by atoms with Crippen LogP contribution in [0.1, 0.15) is 17.5 Å². The number of ketones is 1. The molecule has 2 rings (SSSR count). The van der Waals surface area contributed by atoms with E-state index in [4.69, 9.17) is 4.42 Å². The fraction of sp³-hybridized carbons (Fsp3) is 0.111. The Hall–Kier alpha value is -1.42. The number of carbonyl (C=O) groups excluding carboxylic acids is 1. The molecule has 13 heavy (non-hydrogen) atoms. The Morgan fingerprint density at radius 3 is 3.00 bits per heavy atom. The summed E-state index contributed by atoms with van der Waals surface area (Å²) in [6.07, 6.45) is 1.46. The molecule has 2 aromatic heterocycles. The molecule has 0 saturated carbocycles. The zero-order chi connectivity index (χ0) is 9.26. The van der Waals surface area contributed by atoms with Gasteiger partial charge in [-0.05, 0) is 11.4 Å². The van der Waals surface area contributed by atoms with E-state index in [0.717, 1.165) is 4.88 Å². The minimum absolute atomic E-state index is 0.102. The monoisotopic (exact) mass is 193 g/mol. The van der Waals surface area contributed by atoms with E-state index in [1.165, 1.54) is 24.5 Å². The molecule has 2 aromatic rings. The van der Waals surface area contributed by atoms with Crippen molar-refractivity contribution in [3.63, 3.8) is 0 Å².